The van der Waals surface area contributed by atoms with Crippen LogP contribution in [0.3, 0.4) is 0 Å². The van der Waals surface area contributed by atoms with Crippen LogP contribution < -0.4 is 0 Å². The molecule has 0 aromatic carbocycles. The lowest BCUT2D eigenvalue weighted by atomic mass is 10.3. The molecule has 4 heteroatoms. The molecule has 1 atom stereocenters. The van der Waals surface area contributed by atoms with Gasteiger partial charge in [-0.1, -0.05) is 0 Å². The fraction of sp³-hybridized carbons (Fsp3) is 1.00. The highest BCUT2D eigenvalue weighted by Gasteiger charge is 2.22. The van der Waals surface area contributed by atoms with Gasteiger partial charge in [0.2, 0.25) is 0 Å². The second kappa shape index (κ2) is 5.24. The van der Waals surface area contributed by atoms with Crippen LogP contribution in [0.4, 0.5) is 0 Å². The van der Waals surface area contributed by atoms with Crippen molar-refractivity contribution >= 4 is 10.8 Å². The lowest BCUT2D eigenvalue weighted by Gasteiger charge is -2.24. The van der Waals surface area contributed by atoms with E-state index in [1.165, 1.54) is 0 Å². The minimum absolute atomic E-state index is 0.130. The minimum atomic E-state index is -0.799. The van der Waals surface area contributed by atoms with Gasteiger partial charge in [-0.15, -0.1) is 0 Å². The summed E-state index contributed by atoms with van der Waals surface area (Å²) in [6.07, 6.45) is 1.58. The predicted molar refractivity (Wildman–Crippen MR) is 57.7 cm³/mol. The van der Waals surface area contributed by atoms with Crippen molar-refractivity contribution in [1.29, 1.82) is 0 Å². The Hall–Kier alpha value is 0.0700. The van der Waals surface area contributed by atoms with Crippen molar-refractivity contribution in [3.8, 4) is 0 Å². The molecule has 3 nitrogen and oxygen atoms in total. The molecule has 84 valence electrons. The third-order valence-corrected chi connectivity index (χ3v) is 4.09. The Bertz CT molecular complexity index is 192. The molecule has 0 aliphatic carbocycles. The van der Waals surface area contributed by atoms with Crippen LogP contribution in [-0.2, 0) is 20.3 Å². The van der Waals surface area contributed by atoms with Crippen molar-refractivity contribution in [1.82, 2.24) is 0 Å². The average Bonchev–Trinajstić information content (AvgIpc) is 2.14. The van der Waals surface area contributed by atoms with Crippen LogP contribution in [0.15, 0.2) is 0 Å². The standard InChI is InChI=1S/C10H20O3S/c1-10(2,3)14(11)8-5-9-12-6-4-7-13-9/h9H,4-8H2,1-3H3. The van der Waals surface area contributed by atoms with Crippen molar-refractivity contribution in [2.24, 2.45) is 0 Å². The van der Waals surface area contributed by atoms with Gasteiger partial charge in [0.1, 0.15) is 0 Å². The van der Waals surface area contributed by atoms with Crippen LogP contribution in [-0.4, -0.2) is 34.2 Å². The third-order valence-electron chi connectivity index (χ3n) is 2.12. The summed E-state index contributed by atoms with van der Waals surface area (Å²) < 4.78 is 22.3. The zero-order chi connectivity index (χ0) is 10.6. The maximum absolute atomic E-state index is 11.7. The van der Waals surface area contributed by atoms with Crippen LogP contribution in [0.25, 0.3) is 0 Å². The number of hydrogen-bond acceptors (Lipinski definition) is 3. The van der Waals surface area contributed by atoms with Crippen molar-refractivity contribution in [3.05, 3.63) is 0 Å². The van der Waals surface area contributed by atoms with Crippen LogP contribution >= 0.6 is 0 Å². The van der Waals surface area contributed by atoms with Gasteiger partial charge in [0.15, 0.2) is 6.29 Å². The minimum Gasteiger partial charge on any atom is -0.353 e. The summed E-state index contributed by atoms with van der Waals surface area (Å²) in [5.41, 5.74) is 0. The molecule has 0 radical (unpaired) electrons. The topological polar surface area (TPSA) is 35.5 Å². The van der Waals surface area contributed by atoms with Gasteiger partial charge in [0.25, 0.3) is 0 Å². The molecule has 0 bridgehead atoms. The summed E-state index contributed by atoms with van der Waals surface area (Å²) in [7, 11) is -0.799. The van der Waals surface area contributed by atoms with Gasteiger partial charge in [-0.05, 0) is 27.2 Å². The first-order chi connectivity index (χ1) is 6.50. The Kier molecular flexibility index (Phi) is 4.54. The molecule has 0 N–H and O–H groups in total. The first-order valence-electron chi connectivity index (χ1n) is 5.12. The SMILES string of the molecule is CC(C)(C)S(=O)CCC1OCCCO1. The molecule has 1 unspecified atom stereocenters. The van der Waals surface area contributed by atoms with Crippen molar-refractivity contribution < 1.29 is 13.7 Å². The smallest absolute Gasteiger partial charge is 0.158 e. The van der Waals surface area contributed by atoms with E-state index in [4.69, 9.17) is 9.47 Å². The van der Waals surface area contributed by atoms with Crippen LogP contribution in [0.1, 0.15) is 33.6 Å². The van der Waals surface area contributed by atoms with Gasteiger partial charge < -0.3 is 9.47 Å². The molecule has 1 rings (SSSR count). The highest BCUT2D eigenvalue weighted by molar-refractivity contribution is 7.86. The maximum atomic E-state index is 11.7. The van der Waals surface area contributed by atoms with E-state index in [0.717, 1.165) is 26.1 Å². The van der Waals surface area contributed by atoms with Crippen LogP contribution in [0, 0.1) is 0 Å². The van der Waals surface area contributed by atoms with Gasteiger partial charge >= 0.3 is 0 Å². The first kappa shape index (κ1) is 12.1. The van der Waals surface area contributed by atoms with Gasteiger partial charge in [-0.2, -0.15) is 0 Å². The molecule has 14 heavy (non-hydrogen) atoms. The van der Waals surface area contributed by atoms with Gasteiger partial charge in [0, 0.05) is 27.7 Å². The Labute approximate surface area is 88.6 Å². The molecule has 1 aliphatic rings. The van der Waals surface area contributed by atoms with E-state index < -0.39 is 10.8 Å². The largest absolute Gasteiger partial charge is 0.353 e. The summed E-state index contributed by atoms with van der Waals surface area (Å²) >= 11 is 0. The van der Waals surface area contributed by atoms with Gasteiger partial charge in [-0.25, -0.2) is 0 Å². The van der Waals surface area contributed by atoms with E-state index in [1.54, 1.807) is 0 Å². The van der Waals surface area contributed by atoms with Gasteiger partial charge in [0.05, 0.1) is 13.2 Å². The second-order valence-corrected chi connectivity index (χ2v) is 6.80. The molecular weight excluding hydrogens is 200 g/mol. The van der Waals surface area contributed by atoms with Crippen molar-refractivity contribution in [3.63, 3.8) is 0 Å². The summed E-state index contributed by atoms with van der Waals surface area (Å²) in [4.78, 5) is 0. The van der Waals surface area contributed by atoms with E-state index in [9.17, 15) is 4.21 Å². The first-order valence-corrected chi connectivity index (χ1v) is 6.44. The molecule has 1 saturated heterocycles. The molecule has 0 aromatic rings. The lowest BCUT2D eigenvalue weighted by Crippen LogP contribution is -2.30. The normalized spacial score (nSPS) is 22.2. The van der Waals surface area contributed by atoms with Gasteiger partial charge in [-0.3, -0.25) is 4.21 Å². The number of ether oxygens (including phenoxy) is 2. The Morgan fingerprint density at radius 2 is 1.86 bits per heavy atom. The Morgan fingerprint density at radius 3 is 2.36 bits per heavy atom. The summed E-state index contributed by atoms with van der Waals surface area (Å²) in [6.45, 7) is 7.52. The van der Waals surface area contributed by atoms with E-state index in [1.807, 2.05) is 20.8 Å². The fourth-order valence-electron chi connectivity index (χ4n) is 1.21. The van der Waals surface area contributed by atoms with E-state index in [0.29, 0.717) is 5.75 Å². The second-order valence-electron chi connectivity index (χ2n) is 4.48. The molecular formula is C10H20O3S. The highest BCUT2D eigenvalue weighted by Crippen LogP contribution is 2.15. The van der Waals surface area contributed by atoms with E-state index >= 15 is 0 Å². The lowest BCUT2D eigenvalue weighted by molar-refractivity contribution is -0.178. The summed E-state index contributed by atoms with van der Waals surface area (Å²) in [5, 5.41) is 0. The monoisotopic (exact) mass is 220 g/mol. The highest BCUT2D eigenvalue weighted by atomic mass is 32.2. The fourth-order valence-corrected chi connectivity index (χ4v) is 2.23. The van der Waals surface area contributed by atoms with E-state index in [-0.39, 0.29) is 11.0 Å². The molecule has 1 aliphatic heterocycles. The number of rotatable bonds is 3. The Morgan fingerprint density at radius 1 is 1.29 bits per heavy atom. The predicted octanol–water partition coefficient (Wildman–Crippen LogP) is 1.69. The number of hydrogen-bond donors (Lipinski definition) is 0. The van der Waals surface area contributed by atoms with Crippen molar-refractivity contribution in [2.75, 3.05) is 19.0 Å². The molecule has 0 spiro atoms. The quantitative estimate of drug-likeness (QED) is 0.726. The summed E-state index contributed by atoms with van der Waals surface area (Å²) in [5.74, 6) is 0.661. The average molecular weight is 220 g/mol. The molecule has 0 saturated carbocycles. The maximum Gasteiger partial charge on any atom is 0.158 e. The zero-order valence-corrected chi connectivity index (χ0v) is 10.1. The Balaban J connectivity index is 2.22. The third kappa shape index (κ3) is 4.07. The van der Waals surface area contributed by atoms with Crippen LogP contribution in [0.5, 0.6) is 0 Å². The molecule has 0 amide bonds. The van der Waals surface area contributed by atoms with E-state index in [2.05, 4.69) is 0 Å². The zero-order valence-electron chi connectivity index (χ0n) is 9.25. The molecule has 1 heterocycles. The van der Waals surface area contributed by atoms with Crippen molar-refractivity contribution in [2.45, 2.75) is 44.6 Å². The molecule has 0 aromatic heterocycles. The molecule has 1 fully saturated rings. The van der Waals surface area contributed by atoms with Crippen LogP contribution in [0.2, 0.25) is 0 Å². The summed E-state index contributed by atoms with van der Waals surface area (Å²) in [6, 6.07) is 0.